The van der Waals surface area contributed by atoms with Gasteiger partial charge in [0.1, 0.15) is 4.88 Å². The fourth-order valence-corrected chi connectivity index (χ4v) is 4.25. The van der Waals surface area contributed by atoms with Crippen molar-refractivity contribution in [2.24, 2.45) is 0 Å². The van der Waals surface area contributed by atoms with Crippen molar-refractivity contribution >= 4 is 28.1 Å². The molecule has 0 spiro atoms. The molecule has 1 heterocycles. The van der Waals surface area contributed by atoms with Gasteiger partial charge in [0, 0.05) is 27.2 Å². The van der Waals surface area contributed by atoms with E-state index in [1.807, 2.05) is 38.1 Å². The van der Waals surface area contributed by atoms with E-state index >= 15 is 0 Å². The van der Waals surface area contributed by atoms with Crippen LogP contribution in [0.4, 0.5) is 0 Å². The lowest BCUT2D eigenvalue weighted by atomic mass is 10.2. The summed E-state index contributed by atoms with van der Waals surface area (Å²) in [6, 6.07) is 9.60. The first-order valence-electron chi connectivity index (χ1n) is 6.19. The molecular formula is C15H16O3S2. The molecule has 1 N–H and O–H groups in total. The molecule has 1 aromatic heterocycles. The zero-order valence-corrected chi connectivity index (χ0v) is 13.0. The largest absolute Gasteiger partial charge is 0.477 e. The van der Waals surface area contributed by atoms with Crippen LogP contribution in [0.1, 0.15) is 31.2 Å². The van der Waals surface area contributed by atoms with Crippen molar-refractivity contribution in [1.82, 2.24) is 0 Å². The summed E-state index contributed by atoms with van der Waals surface area (Å²) in [4.78, 5) is 12.2. The minimum atomic E-state index is -1.03. The molecule has 2 rings (SSSR count). The SMILES string of the molecule is Cc1cccc(CS(=O)Cc2cc(C(=O)O)sc2C)c1. The minimum absolute atomic E-state index is 0.310. The Morgan fingerprint density at radius 2 is 2.00 bits per heavy atom. The molecule has 5 heteroatoms. The third kappa shape index (κ3) is 3.77. The topological polar surface area (TPSA) is 54.4 Å². The number of rotatable bonds is 5. The molecule has 0 aliphatic heterocycles. The van der Waals surface area contributed by atoms with Gasteiger partial charge >= 0.3 is 5.97 Å². The van der Waals surface area contributed by atoms with Gasteiger partial charge in [-0.3, -0.25) is 4.21 Å². The summed E-state index contributed by atoms with van der Waals surface area (Å²) in [5.41, 5.74) is 3.08. The van der Waals surface area contributed by atoms with Gasteiger partial charge in [-0.1, -0.05) is 29.8 Å². The van der Waals surface area contributed by atoms with Crippen molar-refractivity contribution in [3.63, 3.8) is 0 Å². The number of carbonyl (C=O) groups is 1. The van der Waals surface area contributed by atoms with E-state index in [0.29, 0.717) is 16.4 Å². The van der Waals surface area contributed by atoms with E-state index in [1.54, 1.807) is 6.07 Å². The smallest absolute Gasteiger partial charge is 0.345 e. The Labute approximate surface area is 124 Å². The Balaban J connectivity index is 2.06. The predicted molar refractivity (Wildman–Crippen MR) is 82.7 cm³/mol. The van der Waals surface area contributed by atoms with E-state index in [2.05, 4.69) is 0 Å². The summed E-state index contributed by atoms with van der Waals surface area (Å²) in [6.45, 7) is 3.88. The van der Waals surface area contributed by atoms with Gasteiger partial charge in [0.2, 0.25) is 0 Å². The molecule has 0 saturated carbocycles. The molecule has 0 radical (unpaired) electrons. The van der Waals surface area contributed by atoms with Gasteiger partial charge in [0.05, 0.1) is 0 Å². The van der Waals surface area contributed by atoms with Crippen molar-refractivity contribution < 1.29 is 14.1 Å². The van der Waals surface area contributed by atoms with E-state index in [-0.39, 0.29) is 0 Å². The highest BCUT2D eigenvalue weighted by atomic mass is 32.2. The second-order valence-electron chi connectivity index (χ2n) is 4.71. The number of carboxylic acids is 1. The lowest BCUT2D eigenvalue weighted by Gasteiger charge is -2.03. The van der Waals surface area contributed by atoms with Gasteiger partial charge in [-0.2, -0.15) is 0 Å². The molecule has 0 fully saturated rings. The fourth-order valence-electron chi connectivity index (χ4n) is 1.98. The number of carboxylic acid groups (broad SMARTS) is 1. The van der Waals surface area contributed by atoms with Crippen LogP contribution in [0.5, 0.6) is 0 Å². The van der Waals surface area contributed by atoms with Gasteiger partial charge in [-0.05, 0) is 31.0 Å². The maximum absolute atomic E-state index is 12.2. The minimum Gasteiger partial charge on any atom is -0.477 e. The third-order valence-corrected chi connectivity index (χ3v) is 5.33. The summed E-state index contributed by atoms with van der Waals surface area (Å²) in [5.74, 6) is -0.0167. The predicted octanol–water partition coefficient (Wildman–Crippen LogP) is 3.51. The van der Waals surface area contributed by atoms with Gasteiger partial charge < -0.3 is 5.11 Å². The summed E-state index contributed by atoms with van der Waals surface area (Å²) >= 11 is 1.24. The first-order chi connectivity index (χ1) is 9.45. The first-order valence-corrected chi connectivity index (χ1v) is 8.49. The van der Waals surface area contributed by atoms with E-state index < -0.39 is 16.8 Å². The molecule has 0 aliphatic carbocycles. The quantitative estimate of drug-likeness (QED) is 0.919. The highest BCUT2D eigenvalue weighted by Crippen LogP contribution is 2.23. The number of aryl methyl sites for hydroxylation is 2. The van der Waals surface area contributed by atoms with E-state index in [4.69, 9.17) is 5.11 Å². The van der Waals surface area contributed by atoms with Crippen molar-refractivity contribution in [2.75, 3.05) is 0 Å². The van der Waals surface area contributed by atoms with Crippen LogP contribution in [0.2, 0.25) is 0 Å². The van der Waals surface area contributed by atoms with Crippen LogP contribution in [0.15, 0.2) is 30.3 Å². The zero-order valence-electron chi connectivity index (χ0n) is 11.4. The van der Waals surface area contributed by atoms with Gasteiger partial charge in [0.25, 0.3) is 0 Å². The maximum atomic E-state index is 12.2. The molecule has 2 aromatic rings. The van der Waals surface area contributed by atoms with Crippen LogP contribution >= 0.6 is 11.3 Å². The molecule has 1 unspecified atom stereocenters. The monoisotopic (exact) mass is 308 g/mol. The molecule has 20 heavy (non-hydrogen) atoms. The highest BCUT2D eigenvalue weighted by molar-refractivity contribution is 7.83. The van der Waals surface area contributed by atoms with E-state index in [0.717, 1.165) is 21.6 Å². The van der Waals surface area contributed by atoms with Gasteiger partial charge in [0.15, 0.2) is 0 Å². The number of hydrogen-bond donors (Lipinski definition) is 1. The molecule has 0 bridgehead atoms. The van der Waals surface area contributed by atoms with Crippen LogP contribution in [0, 0.1) is 13.8 Å². The summed E-state index contributed by atoms with van der Waals surface area (Å²) in [7, 11) is -1.03. The van der Waals surface area contributed by atoms with Crippen molar-refractivity contribution in [1.29, 1.82) is 0 Å². The second-order valence-corrected chi connectivity index (χ2v) is 7.43. The maximum Gasteiger partial charge on any atom is 0.345 e. The Hall–Kier alpha value is -1.46. The Kier molecular flexibility index (Phi) is 4.73. The van der Waals surface area contributed by atoms with Crippen LogP contribution in [-0.2, 0) is 22.3 Å². The van der Waals surface area contributed by atoms with E-state index in [9.17, 15) is 9.00 Å². The van der Waals surface area contributed by atoms with Gasteiger partial charge in [-0.25, -0.2) is 4.79 Å². The number of thiophene rings is 1. The zero-order chi connectivity index (χ0) is 14.7. The van der Waals surface area contributed by atoms with E-state index in [1.165, 1.54) is 11.3 Å². The summed E-state index contributed by atoms with van der Waals surface area (Å²) < 4.78 is 12.2. The summed E-state index contributed by atoms with van der Waals surface area (Å²) in [5, 5.41) is 8.96. The normalized spacial score (nSPS) is 12.3. The first kappa shape index (κ1) is 14.9. The fraction of sp³-hybridized carbons (Fsp3) is 0.267. The lowest BCUT2D eigenvalue weighted by Crippen LogP contribution is -2.00. The number of hydrogen-bond acceptors (Lipinski definition) is 3. The van der Waals surface area contributed by atoms with Gasteiger partial charge in [-0.15, -0.1) is 11.3 Å². The van der Waals surface area contributed by atoms with Crippen LogP contribution in [0.25, 0.3) is 0 Å². The van der Waals surface area contributed by atoms with Crippen molar-refractivity contribution in [3.8, 4) is 0 Å². The molecule has 0 amide bonds. The summed E-state index contributed by atoms with van der Waals surface area (Å²) in [6.07, 6.45) is 0. The third-order valence-electron chi connectivity index (χ3n) is 2.96. The Morgan fingerprint density at radius 3 is 2.60 bits per heavy atom. The molecule has 0 aliphatic rings. The average molecular weight is 308 g/mol. The van der Waals surface area contributed by atoms with Crippen LogP contribution in [0.3, 0.4) is 0 Å². The Morgan fingerprint density at radius 1 is 1.25 bits per heavy atom. The number of aromatic carboxylic acids is 1. The molecule has 3 nitrogen and oxygen atoms in total. The Bertz CT molecular complexity index is 659. The number of benzene rings is 1. The molecule has 1 aromatic carbocycles. The van der Waals surface area contributed by atoms with Crippen molar-refractivity contribution in [2.45, 2.75) is 25.4 Å². The second kappa shape index (κ2) is 6.33. The molecule has 0 saturated heterocycles. The average Bonchev–Trinajstić information content (AvgIpc) is 2.71. The standard InChI is InChI=1S/C15H16O3S2/c1-10-4-3-5-12(6-10)8-20(18)9-13-7-14(15(16)17)19-11(13)2/h3-7H,8-9H2,1-2H3,(H,16,17). The highest BCUT2D eigenvalue weighted by Gasteiger charge is 2.13. The molecule has 106 valence electrons. The molecule has 1 atom stereocenters. The lowest BCUT2D eigenvalue weighted by molar-refractivity contribution is 0.0702. The van der Waals surface area contributed by atoms with Crippen molar-refractivity contribution in [3.05, 3.63) is 56.8 Å². The van der Waals surface area contributed by atoms with Crippen LogP contribution in [-0.4, -0.2) is 15.3 Å². The molecular weight excluding hydrogens is 292 g/mol. The van der Waals surface area contributed by atoms with Crippen LogP contribution < -0.4 is 0 Å².